The third kappa shape index (κ3) is 8.19. The van der Waals surface area contributed by atoms with E-state index in [0.29, 0.717) is 12.2 Å². The molecule has 0 spiro atoms. The zero-order valence-electron chi connectivity index (χ0n) is 17.0. The van der Waals surface area contributed by atoms with Gasteiger partial charge in [-0.25, -0.2) is 9.59 Å². The fourth-order valence-corrected chi connectivity index (χ4v) is 2.44. The average molecular weight is 430 g/mol. The highest BCUT2D eigenvalue weighted by Gasteiger charge is 2.47. The molecule has 0 aromatic heterocycles. The van der Waals surface area contributed by atoms with E-state index >= 15 is 0 Å². The van der Waals surface area contributed by atoms with Crippen LogP contribution in [-0.4, -0.2) is 72.6 Å². The second-order valence-corrected chi connectivity index (χ2v) is 6.17. The van der Waals surface area contributed by atoms with Crippen molar-refractivity contribution in [1.82, 2.24) is 0 Å². The molecule has 1 heterocycles. The van der Waals surface area contributed by atoms with Gasteiger partial charge in [-0.3, -0.25) is 14.4 Å². The van der Waals surface area contributed by atoms with Crippen LogP contribution in [0.2, 0.25) is 0 Å². The first-order chi connectivity index (χ1) is 14.2. The van der Waals surface area contributed by atoms with Gasteiger partial charge in [-0.05, 0) is 0 Å². The number of carbonyl (C=O) groups is 5. The predicted octanol–water partition coefficient (Wildman–Crippen LogP) is 0.535. The summed E-state index contributed by atoms with van der Waals surface area (Å²) in [4.78, 5) is 57.7. The van der Waals surface area contributed by atoms with Gasteiger partial charge in [0.15, 0.2) is 18.3 Å². The molecule has 0 saturated carbocycles. The number of rotatable bonds is 10. The van der Waals surface area contributed by atoms with Gasteiger partial charge < -0.3 is 28.8 Å². The van der Waals surface area contributed by atoms with Crippen molar-refractivity contribution in [2.24, 2.45) is 0 Å². The van der Waals surface area contributed by atoms with Crippen LogP contribution in [0, 0.1) is 0 Å². The molecule has 11 nitrogen and oxygen atoms in total. The zero-order valence-corrected chi connectivity index (χ0v) is 17.0. The Kier molecular flexibility index (Phi) is 10.5. The number of carbonyl (C=O) groups excluding carboxylic acids is 4. The van der Waals surface area contributed by atoms with Gasteiger partial charge in [0.2, 0.25) is 0 Å². The van der Waals surface area contributed by atoms with E-state index in [1.165, 1.54) is 0 Å². The molecule has 1 aliphatic heterocycles. The Morgan fingerprint density at radius 2 is 1.40 bits per heavy atom. The van der Waals surface area contributed by atoms with Crippen LogP contribution in [0.3, 0.4) is 0 Å². The quantitative estimate of drug-likeness (QED) is 0.293. The molecule has 1 saturated heterocycles. The number of ether oxygens (including phenoxy) is 5. The minimum absolute atomic E-state index is 0.0121. The van der Waals surface area contributed by atoms with E-state index in [2.05, 4.69) is 0 Å². The third-order valence-electron chi connectivity index (χ3n) is 3.97. The molecule has 168 valence electrons. The van der Waals surface area contributed by atoms with Crippen molar-refractivity contribution >= 4 is 29.8 Å². The second-order valence-electron chi connectivity index (χ2n) is 6.17. The molecule has 1 aliphatic rings. The first-order valence-corrected chi connectivity index (χ1v) is 9.49. The summed E-state index contributed by atoms with van der Waals surface area (Å²) >= 11 is 0. The van der Waals surface area contributed by atoms with E-state index in [1.54, 1.807) is 20.8 Å². The SMILES string of the molecule is CCC(=O)O[C@H]1[C@H](OC(=O)CC)[C@H](OC(=O)CC)CO[C@@H]1COC(=O)/C=C/C(=O)O. The number of hydrogen-bond donors (Lipinski definition) is 1. The maximum absolute atomic E-state index is 11.9. The Labute approximate surface area is 173 Å². The molecule has 0 aromatic carbocycles. The molecule has 0 unspecified atom stereocenters. The fraction of sp³-hybridized carbons (Fsp3) is 0.632. The van der Waals surface area contributed by atoms with Crippen molar-refractivity contribution in [3.8, 4) is 0 Å². The Bertz CT molecular complexity index is 669. The van der Waals surface area contributed by atoms with Gasteiger partial charge in [0.25, 0.3) is 0 Å². The zero-order chi connectivity index (χ0) is 22.7. The summed E-state index contributed by atoms with van der Waals surface area (Å²) < 4.78 is 26.5. The summed E-state index contributed by atoms with van der Waals surface area (Å²) in [7, 11) is 0. The average Bonchev–Trinajstić information content (AvgIpc) is 2.72. The van der Waals surface area contributed by atoms with Crippen LogP contribution < -0.4 is 0 Å². The predicted molar refractivity (Wildman–Crippen MR) is 98.0 cm³/mol. The summed E-state index contributed by atoms with van der Waals surface area (Å²) in [6.07, 6.45) is -3.03. The summed E-state index contributed by atoms with van der Waals surface area (Å²) in [6.45, 7) is 4.09. The minimum Gasteiger partial charge on any atom is -0.478 e. The Hall–Kier alpha value is -2.95. The molecule has 0 aromatic rings. The number of hydrogen-bond acceptors (Lipinski definition) is 10. The van der Waals surface area contributed by atoms with Gasteiger partial charge in [-0.1, -0.05) is 20.8 Å². The molecule has 0 aliphatic carbocycles. The summed E-state index contributed by atoms with van der Waals surface area (Å²) in [5, 5.41) is 8.54. The van der Waals surface area contributed by atoms with Gasteiger partial charge >= 0.3 is 29.8 Å². The molecule has 0 amide bonds. The van der Waals surface area contributed by atoms with Crippen molar-refractivity contribution in [3.05, 3.63) is 12.2 Å². The summed E-state index contributed by atoms with van der Waals surface area (Å²) in [5.41, 5.74) is 0. The molecule has 1 N–H and O–H groups in total. The lowest BCUT2D eigenvalue weighted by Gasteiger charge is -2.40. The van der Waals surface area contributed by atoms with Gasteiger partial charge in [0.05, 0.1) is 6.61 Å². The van der Waals surface area contributed by atoms with Gasteiger partial charge in [-0.15, -0.1) is 0 Å². The summed E-state index contributed by atoms with van der Waals surface area (Å²) in [5.74, 6) is -4.10. The standard InChI is InChI=1S/C19H26O11/c1-4-14(22)28-12-10-26-11(9-27-17(25)8-7-13(20)21)18(29-15(23)5-2)19(12)30-16(24)6-3/h7-8,11-12,18-19H,4-6,9-10H2,1-3H3,(H,20,21)/b8-7+/t11-,12-,18-,19-/m1/s1. The van der Waals surface area contributed by atoms with Crippen LogP contribution >= 0.6 is 0 Å². The van der Waals surface area contributed by atoms with Crippen molar-refractivity contribution in [2.75, 3.05) is 13.2 Å². The number of carboxylic acids is 1. The molecule has 0 bridgehead atoms. The minimum atomic E-state index is -1.33. The lowest BCUT2D eigenvalue weighted by atomic mass is 9.99. The Morgan fingerprint density at radius 1 is 0.867 bits per heavy atom. The molecule has 0 radical (unpaired) electrons. The monoisotopic (exact) mass is 430 g/mol. The van der Waals surface area contributed by atoms with Crippen LogP contribution in [-0.2, 0) is 47.7 Å². The van der Waals surface area contributed by atoms with E-state index in [4.69, 9.17) is 28.8 Å². The Morgan fingerprint density at radius 3 is 1.93 bits per heavy atom. The lowest BCUT2D eigenvalue weighted by Crippen LogP contribution is -2.58. The van der Waals surface area contributed by atoms with Crippen LogP contribution in [0.1, 0.15) is 40.0 Å². The lowest BCUT2D eigenvalue weighted by molar-refractivity contribution is -0.232. The van der Waals surface area contributed by atoms with Crippen molar-refractivity contribution in [1.29, 1.82) is 0 Å². The van der Waals surface area contributed by atoms with E-state index in [0.717, 1.165) is 0 Å². The molecule has 30 heavy (non-hydrogen) atoms. The van der Waals surface area contributed by atoms with Crippen molar-refractivity contribution in [3.63, 3.8) is 0 Å². The normalized spacial score (nSPS) is 23.4. The maximum Gasteiger partial charge on any atom is 0.331 e. The highest BCUT2D eigenvalue weighted by atomic mass is 16.7. The number of carboxylic acid groups (broad SMARTS) is 1. The van der Waals surface area contributed by atoms with E-state index in [1.807, 2.05) is 0 Å². The van der Waals surface area contributed by atoms with Gasteiger partial charge in [0, 0.05) is 31.4 Å². The van der Waals surface area contributed by atoms with Gasteiger partial charge in [0.1, 0.15) is 12.7 Å². The first kappa shape index (κ1) is 25.1. The highest BCUT2D eigenvalue weighted by Crippen LogP contribution is 2.25. The molecule has 4 atom stereocenters. The molecule has 1 rings (SSSR count). The number of esters is 4. The fourth-order valence-electron chi connectivity index (χ4n) is 2.44. The number of aliphatic carboxylic acids is 1. The maximum atomic E-state index is 11.9. The van der Waals surface area contributed by atoms with Crippen LogP contribution in [0.15, 0.2) is 12.2 Å². The Balaban J connectivity index is 3.04. The van der Waals surface area contributed by atoms with E-state index < -0.39 is 60.9 Å². The van der Waals surface area contributed by atoms with Crippen LogP contribution in [0.25, 0.3) is 0 Å². The first-order valence-electron chi connectivity index (χ1n) is 9.49. The van der Waals surface area contributed by atoms with Crippen molar-refractivity contribution in [2.45, 2.75) is 64.4 Å². The molecule has 1 fully saturated rings. The third-order valence-corrected chi connectivity index (χ3v) is 3.97. The van der Waals surface area contributed by atoms with E-state index in [9.17, 15) is 24.0 Å². The van der Waals surface area contributed by atoms with Crippen LogP contribution in [0.5, 0.6) is 0 Å². The summed E-state index contributed by atoms with van der Waals surface area (Å²) in [6, 6.07) is 0. The van der Waals surface area contributed by atoms with Crippen molar-refractivity contribution < 1.29 is 52.8 Å². The largest absolute Gasteiger partial charge is 0.478 e. The molecular formula is C19H26O11. The van der Waals surface area contributed by atoms with Gasteiger partial charge in [-0.2, -0.15) is 0 Å². The van der Waals surface area contributed by atoms with Crippen LogP contribution in [0.4, 0.5) is 0 Å². The molecular weight excluding hydrogens is 404 g/mol. The smallest absolute Gasteiger partial charge is 0.331 e. The highest BCUT2D eigenvalue weighted by molar-refractivity contribution is 5.90. The van der Waals surface area contributed by atoms with E-state index in [-0.39, 0.29) is 25.9 Å². The topological polar surface area (TPSA) is 152 Å². The second kappa shape index (κ2) is 12.6. The molecule has 11 heteroatoms.